The first-order valence-corrected chi connectivity index (χ1v) is 6.79. The molecule has 0 fully saturated rings. The van der Waals surface area contributed by atoms with E-state index in [4.69, 9.17) is 4.74 Å². The number of aromatic hydroxyl groups is 1. The lowest BCUT2D eigenvalue weighted by Crippen LogP contribution is -2.15. The molecule has 1 unspecified atom stereocenters. The Labute approximate surface area is 131 Å². The minimum atomic E-state index is -1.11. The number of Topliss-reactive ketones (excluding diaryl/α,β-unsaturated/α-hetero) is 1. The van der Waals surface area contributed by atoms with E-state index in [0.717, 1.165) is 7.11 Å². The average Bonchev–Trinajstić information content (AvgIpc) is 2.88. The number of hydrogen-bond acceptors (Lipinski definition) is 6. The summed E-state index contributed by atoms with van der Waals surface area (Å²) in [7, 11) is 1.07. The molecule has 0 amide bonds. The quantitative estimate of drug-likeness (QED) is 0.402. The molecule has 0 saturated heterocycles. The number of ketones is 1. The van der Waals surface area contributed by atoms with Gasteiger partial charge in [0.15, 0.2) is 0 Å². The van der Waals surface area contributed by atoms with E-state index in [1.165, 1.54) is 12.1 Å². The summed E-state index contributed by atoms with van der Waals surface area (Å²) >= 11 is 0. The number of carbonyl (C=O) groups excluding carboxylic acids is 3. The molecule has 0 aliphatic carbocycles. The van der Waals surface area contributed by atoms with Crippen molar-refractivity contribution in [1.82, 2.24) is 0 Å². The first kappa shape index (κ1) is 14.8. The molecule has 6 nitrogen and oxygen atoms in total. The van der Waals surface area contributed by atoms with Gasteiger partial charge in [0.1, 0.15) is 17.4 Å². The Balaban J connectivity index is 2.07. The lowest BCUT2D eigenvalue weighted by molar-refractivity contribution is -0.135. The maximum absolute atomic E-state index is 12.1. The summed E-state index contributed by atoms with van der Waals surface area (Å²) in [6.07, 6.45) is 0. The van der Waals surface area contributed by atoms with Crippen LogP contribution < -0.4 is 4.74 Å². The molecule has 1 aliphatic heterocycles. The fourth-order valence-corrected chi connectivity index (χ4v) is 2.54. The highest BCUT2D eigenvalue weighted by atomic mass is 16.5. The molecule has 1 heterocycles. The maximum Gasteiger partial charge on any atom is 0.379 e. The molecule has 0 saturated carbocycles. The molecule has 0 spiro atoms. The van der Waals surface area contributed by atoms with Crippen LogP contribution in [0.2, 0.25) is 0 Å². The summed E-state index contributed by atoms with van der Waals surface area (Å²) < 4.78 is 9.52. The number of methoxy groups -OCH3 is 1. The minimum Gasteiger partial charge on any atom is -0.507 e. The van der Waals surface area contributed by atoms with E-state index in [0.29, 0.717) is 11.1 Å². The van der Waals surface area contributed by atoms with Gasteiger partial charge in [0.2, 0.25) is 0 Å². The van der Waals surface area contributed by atoms with E-state index in [2.05, 4.69) is 4.74 Å². The van der Waals surface area contributed by atoms with Crippen LogP contribution >= 0.6 is 0 Å². The molecule has 23 heavy (non-hydrogen) atoms. The van der Waals surface area contributed by atoms with Crippen LogP contribution in [-0.4, -0.2) is 29.9 Å². The van der Waals surface area contributed by atoms with Crippen molar-refractivity contribution >= 4 is 17.7 Å². The van der Waals surface area contributed by atoms with Gasteiger partial charge in [0.05, 0.1) is 12.7 Å². The monoisotopic (exact) mass is 312 g/mol. The molecule has 1 aliphatic rings. The number of rotatable bonds is 3. The molecule has 116 valence electrons. The molecule has 6 heteroatoms. The number of phenols is 1. The molecule has 2 aromatic rings. The molecule has 1 atom stereocenters. The van der Waals surface area contributed by atoms with Gasteiger partial charge in [-0.05, 0) is 17.7 Å². The van der Waals surface area contributed by atoms with Crippen molar-refractivity contribution in [3.05, 3.63) is 59.2 Å². The molecular formula is C17H12O6. The Morgan fingerprint density at radius 1 is 1.17 bits per heavy atom. The number of phenolic OH excluding ortho intramolecular Hbond substituents is 1. The largest absolute Gasteiger partial charge is 0.507 e. The third-order valence-corrected chi connectivity index (χ3v) is 3.63. The van der Waals surface area contributed by atoms with Crippen molar-refractivity contribution in [2.75, 3.05) is 7.11 Å². The van der Waals surface area contributed by atoms with Gasteiger partial charge in [-0.15, -0.1) is 0 Å². The number of fused-ring (bicyclic) bond motifs is 1. The van der Waals surface area contributed by atoms with Crippen molar-refractivity contribution in [3.8, 4) is 11.5 Å². The van der Waals surface area contributed by atoms with Gasteiger partial charge < -0.3 is 14.6 Å². The van der Waals surface area contributed by atoms with Crippen LogP contribution in [0.15, 0.2) is 42.5 Å². The number of carbonyl (C=O) groups is 3. The second kappa shape index (κ2) is 5.57. The highest BCUT2D eigenvalue weighted by molar-refractivity contribution is 6.41. The number of esters is 2. The summed E-state index contributed by atoms with van der Waals surface area (Å²) in [4.78, 5) is 35.3. The molecular weight excluding hydrogens is 300 g/mol. The van der Waals surface area contributed by atoms with Crippen molar-refractivity contribution in [2.45, 2.75) is 5.92 Å². The lowest BCUT2D eigenvalue weighted by Gasteiger charge is -2.09. The van der Waals surface area contributed by atoms with Gasteiger partial charge in [-0.1, -0.05) is 30.3 Å². The van der Waals surface area contributed by atoms with Crippen molar-refractivity contribution < 1.29 is 29.0 Å². The fourth-order valence-electron chi connectivity index (χ4n) is 2.54. The van der Waals surface area contributed by atoms with Crippen molar-refractivity contribution in [2.24, 2.45) is 0 Å². The summed E-state index contributed by atoms with van der Waals surface area (Å²) in [5.41, 5.74) is 0.889. The summed E-state index contributed by atoms with van der Waals surface area (Å²) in [5, 5.41) is 10.0. The Hall–Kier alpha value is -3.15. The first-order chi connectivity index (χ1) is 11.0. The van der Waals surface area contributed by atoms with Gasteiger partial charge in [-0.25, -0.2) is 4.79 Å². The third-order valence-electron chi connectivity index (χ3n) is 3.63. The molecule has 0 bridgehead atoms. The number of benzene rings is 2. The molecule has 3 rings (SSSR count). The van der Waals surface area contributed by atoms with Gasteiger partial charge in [-0.2, -0.15) is 0 Å². The highest BCUT2D eigenvalue weighted by Gasteiger charge is 2.36. The van der Waals surface area contributed by atoms with E-state index < -0.39 is 29.4 Å². The summed E-state index contributed by atoms with van der Waals surface area (Å²) in [6.45, 7) is 0. The van der Waals surface area contributed by atoms with Gasteiger partial charge in [0, 0.05) is 5.56 Å². The van der Waals surface area contributed by atoms with E-state index in [1.54, 1.807) is 24.3 Å². The Bertz CT molecular complexity index is 809. The summed E-state index contributed by atoms with van der Waals surface area (Å²) in [5.74, 6) is -3.56. The van der Waals surface area contributed by atoms with Crippen LogP contribution in [0.4, 0.5) is 0 Å². The zero-order valence-electron chi connectivity index (χ0n) is 12.1. The Morgan fingerprint density at radius 3 is 2.52 bits per heavy atom. The van der Waals surface area contributed by atoms with Crippen LogP contribution in [0, 0.1) is 0 Å². The van der Waals surface area contributed by atoms with Crippen molar-refractivity contribution in [1.29, 1.82) is 0 Å². The van der Waals surface area contributed by atoms with E-state index in [1.807, 2.05) is 6.07 Å². The molecule has 0 aromatic heterocycles. The second-order valence-corrected chi connectivity index (χ2v) is 4.99. The van der Waals surface area contributed by atoms with E-state index in [-0.39, 0.29) is 11.3 Å². The summed E-state index contributed by atoms with van der Waals surface area (Å²) in [6, 6.07) is 11.4. The van der Waals surface area contributed by atoms with Crippen LogP contribution in [-0.2, 0) is 14.3 Å². The van der Waals surface area contributed by atoms with Gasteiger partial charge in [-0.3, -0.25) is 9.59 Å². The highest BCUT2D eigenvalue weighted by Crippen LogP contribution is 2.42. The fraction of sp³-hybridized carbons (Fsp3) is 0.118. The predicted molar refractivity (Wildman–Crippen MR) is 78.4 cm³/mol. The smallest absolute Gasteiger partial charge is 0.379 e. The zero-order chi connectivity index (χ0) is 16.6. The predicted octanol–water partition coefficient (Wildman–Crippen LogP) is 1.80. The first-order valence-electron chi connectivity index (χ1n) is 6.79. The van der Waals surface area contributed by atoms with Crippen LogP contribution in [0.25, 0.3) is 0 Å². The van der Waals surface area contributed by atoms with E-state index in [9.17, 15) is 19.5 Å². The second-order valence-electron chi connectivity index (χ2n) is 4.99. The van der Waals surface area contributed by atoms with Crippen molar-refractivity contribution in [3.63, 3.8) is 0 Å². The lowest BCUT2D eigenvalue weighted by atomic mass is 9.91. The molecule has 0 radical (unpaired) electrons. The normalized spacial score (nSPS) is 15.7. The standard InChI is InChI=1S/C17H12O6/c1-22-17(21)15(19)10-8-13-11(7-12(10)18)14(16(20)23-13)9-5-3-2-4-6-9/h2-8,14,18H,1H3. The Morgan fingerprint density at radius 2 is 1.87 bits per heavy atom. The zero-order valence-corrected chi connectivity index (χ0v) is 12.1. The topological polar surface area (TPSA) is 89.9 Å². The molecule has 1 N–H and O–H groups in total. The number of ether oxygens (including phenoxy) is 2. The van der Waals surface area contributed by atoms with Gasteiger partial charge >= 0.3 is 11.9 Å². The van der Waals surface area contributed by atoms with Gasteiger partial charge in [0.25, 0.3) is 5.78 Å². The average molecular weight is 312 g/mol. The molecule has 2 aromatic carbocycles. The third kappa shape index (κ3) is 2.44. The SMILES string of the molecule is COC(=O)C(=O)c1cc2c(cc1O)C(c1ccccc1)C(=O)O2. The minimum absolute atomic E-state index is 0.147. The van der Waals surface area contributed by atoms with Crippen LogP contribution in [0.5, 0.6) is 11.5 Å². The number of hydrogen-bond donors (Lipinski definition) is 1. The van der Waals surface area contributed by atoms with Crippen LogP contribution in [0.1, 0.15) is 27.4 Å². The maximum atomic E-state index is 12.1. The Kier molecular flexibility index (Phi) is 3.57. The van der Waals surface area contributed by atoms with Crippen LogP contribution in [0.3, 0.4) is 0 Å². The van der Waals surface area contributed by atoms with E-state index >= 15 is 0 Å².